The fourth-order valence-electron chi connectivity index (χ4n) is 2.46. The van der Waals surface area contributed by atoms with Crippen molar-refractivity contribution in [3.05, 3.63) is 23.9 Å². The Labute approximate surface area is 137 Å². The molecule has 0 aromatic carbocycles. The van der Waals surface area contributed by atoms with Crippen molar-refractivity contribution in [3.8, 4) is 5.88 Å². The lowest BCUT2D eigenvalue weighted by atomic mass is 10.0. The Morgan fingerprint density at radius 2 is 2.09 bits per heavy atom. The molecule has 1 aliphatic rings. The van der Waals surface area contributed by atoms with Gasteiger partial charge in [-0.15, -0.1) is 0 Å². The molecule has 0 radical (unpaired) electrons. The maximum atomic E-state index is 12.0. The Morgan fingerprint density at radius 3 is 2.70 bits per heavy atom. The van der Waals surface area contributed by atoms with E-state index in [0.717, 1.165) is 31.9 Å². The van der Waals surface area contributed by atoms with Crippen LogP contribution in [0.3, 0.4) is 0 Å². The number of amides is 2. The number of morpholine rings is 1. The molecule has 1 aromatic heterocycles. The van der Waals surface area contributed by atoms with E-state index >= 15 is 0 Å². The summed E-state index contributed by atoms with van der Waals surface area (Å²) in [6.45, 7) is 8.57. The zero-order chi connectivity index (χ0) is 16.7. The molecule has 1 aromatic rings. The van der Waals surface area contributed by atoms with Crippen molar-refractivity contribution >= 4 is 6.03 Å². The van der Waals surface area contributed by atoms with Crippen molar-refractivity contribution in [1.82, 2.24) is 20.5 Å². The molecule has 0 spiro atoms. The van der Waals surface area contributed by atoms with Crippen LogP contribution in [-0.2, 0) is 11.3 Å². The highest BCUT2D eigenvalue weighted by Crippen LogP contribution is 2.15. The van der Waals surface area contributed by atoms with Crippen LogP contribution >= 0.6 is 0 Å². The third kappa shape index (κ3) is 5.37. The summed E-state index contributed by atoms with van der Waals surface area (Å²) in [5.41, 5.74) is 0.830. The molecular formula is C16H26N4O3. The summed E-state index contributed by atoms with van der Waals surface area (Å²) in [5, 5.41) is 5.77. The van der Waals surface area contributed by atoms with E-state index < -0.39 is 0 Å². The minimum Gasteiger partial charge on any atom is -0.481 e. The van der Waals surface area contributed by atoms with E-state index in [2.05, 4.69) is 34.4 Å². The Morgan fingerprint density at radius 1 is 1.35 bits per heavy atom. The van der Waals surface area contributed by atoms with Gasteiger partial charge >= 0.3 is 6.03 Å². The summed E-state index contributed by atoms with van der Waals surface area (Å²) < 4.78 is 10.4. The van der Waals surface area contributed by atoms with E-state index in [1.807, 2.05) is 6.07 Å². The van der Waals surface area contributed by atoms with Gasteiger partial charge in [0.1, 0.15) is 0 Å². The molecular weight excluding hydrogens is 296 g/mol. The van der Waals surface area contributed by atoms with Gasteiger partial charge in [0.15, 0.2) is 0 Å². The first-order valence-corrected chi connectivity index (χ1v) is 7.85. The number of rotatable bonds is 6. The lowest BCUT2D eigenvalue weighted by molar-refractivity contribution is -0.00874. The van der Waals surface area contributed by atoms with Crippen LogP contribution < -0.4 is 15.4 Å². The monoisotopic (exact) mass is 322 g/mol. The molecule has 0 aliphatic carbocycles. The van der Waals surface area contributed by atoms with Crippen LogP contribution in [0.1, 0.15) is 19.4 Å². The molecule has 128 valence electrons. The average molecular weight is 322 g/mol. The maximum absolute atomic E-state index is 12.0. The molecule has 2 N–H and O–H groups in total. The molecule has 1 saturated heterocycles. The number of aromatic nitrogens is 1. The lowest BCUT2D eigenvalue weighted by Gasteiger charge is -2.40. The van der Waals surface area contributed by atoms with Gasteiger partial charge in [0.25, 0.3) is 0 Å². The van der Waals surface area contributed by atoms with Crippen LogP contribution in [0.4, 0.5) is 4.79 Å². The fraction of sp³-hybridized carbons (Fsp3) is 0.625. The largest absolute Gasteiger partial charge is 0.481 e. The number of carbonyl (C=O) groups excluding carboxylic acids is 1. The second-order valence-electron chi connectivity index (χ2n) is 6.16. The number of carbonyl (C=O) groups is 1. The molecule has 0 bridgehead atoms. The third-order valence-electron chi connectivity index (χ3n) is 4.01. The fourth-order valence-corrected chi connectivity index (χ4v) is 2.46. The van der Waals surface area contributed by atoms with E-state index in [4.69, 9.17) is 9.47 Å². The molecule has 2 rings (SSSR count). The summed E-state index contributed by atoms with van der Waals surface area (Å²) in [7, 11) is 1.57. The molecule has 7 nitrogen and oxygen atoms in total. The maximum Gasteiger partial charge on any atom is 0.315 e. The second-order valence-corrected chi connectivity index (χ2v) is 6.16. The van der Waals surface area contributed by atoms with E-state index in [1.54, 1.807) is 19.4 Å². The van der Waals surface area contributed by atoms with Gasteiger partial charge < -0.3 is 20.1 Å². The summed E-state index contributed by atoms with van der Waals surface area (Å²) in [5.74, 6) is 0.561. The van der Waals surface area contributed by atoms with E-state index in [-0.39, 0.29) is 11.6 Å². The summed E-state index contributed by atoms with van der Waals surface area (Å²) in [4.78, 5) is 18.4. The molecule has 1 fully saturated rings. The quantitative estimate of drug-likeness (QED) is 0.817. The minimum atomic E-state index is -0.179. The van der Waals surface area contributed by atoms with Crippen LogP contribution in [0.25, 0.3) is 0 Å². The van der Waals surface area contributed by atoms with Crippen LogP contribution in [0.15, 0.2) is 18.3 Å². The highest BCUT2D eigenvalue weighted by molar-refractivity contribution is 5.73. The topological polar surface area (TPSA) is 75.7 Å². The van der Waals surface area contributed by atoms with Gasteiger partial charge in [0.2, 0.25) is 5.88 Å². The molecule has 0 saturated carbocycles. The van der Waals surface area contributed by atoms with Crippen molar-refractivity contribution in [2.24, 2.45) is 0 Å². The lowest BCUT2D eigenvalue weighted by Crippen LogP contribution is -2.56. The van der Waals surface area contributed by atoms with Crippen LogP contribution in [0.2, 0.25) is 0 Å². The normalized spacial score (nSPS) is 16.0. The first kappa shape index (κ1) is 17.5. The molecule has 0 atom stereocenters. The highest BCUT2D eigenvalue weighted by atomic mass is 16.5. The number of hydrogen-bond donors (Lipinski definition) is 2. The van der Waals surface area contributed by atoms with Gasteiger partial charge in [0, 0.05) is 44.0 Å². The van der Waals surface area contributed by atoms with Gasteiger partial charge in [-0.25, -0.2) is 9.78 Å². The molecule has 7 heteroatoms. The van der Waals surface area contributed by atoms with E-state index in [9.17, 15) is 4.79 Å². The summed E-state index contributed by atoms with van der Waals surface area (Å²) in [6, 6.07) is 3.47. The number of hydrogen-bond acceptors (Lipinski definition) is 5. The van der Waals surface area contributed by atoms with Gasteiger partial charge in [-0.2, -0.15) is 0 Å². The van der Waals surface area contributed by atoms with Crippen molar-refractivity contribution < 1.29 is 14.3 Å². The summed E-state index contributed by atoms with van der Waals surface area (Å²) >= 11 is 0. The number of nitrogens with zero attached hydrogens (tertiary/aromatic N) is 2. The van der Waals surface area contributed by atoms with Crippen molar-refractivity contribution in [2.75, 3.05) is 40.0 Å². The van der Waals surface area contributed by atoms with Gasteiger partial charge in [-0.1, -0.05) is 6.07 Å². The van der Waals surface area contributed by atoms with E-state index in [1.165, 1.54) is 0 Å². The van der Waals surface area contributed by atoms with E-state index in [0.29, 0.717) is 19.0 Å². The number of pyridine rings is 1. The molecule has 2 heterocycles. The Balaban J connectivity index is 1.73. The predicted octanol–water partition coefficient (Wildman–Crippen LogP) is 1.00. The Hall–Kier alpha value is -1.86. The van der Waals surface area contributed by atoms with Gasteiger partial charge in [0.05, 0.1) is 20.3 Å². The van der Waals surface area contributed by atoms with Crippen molar-refractivity contribution in [2.45, 2.75) is 25.9 Å². The SMILES string of the molecule is COc1ccc(CNC(=O)NCC(C)(C)N2CCOCC2)cn1. The molecule has 2 amide bonds. The number of urea groups is 1. The zero-order valence-electron chi connectivity index (χ0n) is 14.1. The third-order valence-corrected chi connectivity index (χ3v) is 4.01. The minimum absolute atomic E-state index is 0.0945. The van der Waals surface area contributed by atoms with Crippen LogP contribution in [0, 0.1) is 0 Å². The second kappa shape index (κ2) is 8.12. The van der Waals surface area contributed by atoms with Crippen molar-refractivity contribution in [1.29, 1.82) is 0 Å². The van der Waals surface area contributed by atoms with Gasteiger partial charge in [-0.3, -0.25) is 4.90 Å². The summed E-state index contributed by atoms with van der Waals surface area (Å²) in [6.07, 6.45) is 1.69. The van der Waals surface area contributed by atoms with Gasteiger partial charge in [-0.05, 0) is 19.4 Å². The number of ether oxygens (including phenoxy) is 2. The molecule has 23 heavy (non-hydrogen) atoms. The first-order valence-electron chi connectivity index (χ1n) is 7.85. The number of nitrogens with one attached hydrogen (secondary N) is 2. The Bertz CT molecular complexity index is 499. The number of methoxy groups -OCH3 is 1. The average Bonchev–Trinajstić information content (AvgIpc) is 2.59. The van der Waals surface area contributed by atoms with Crippen LogP contribution in [0.5, 0.6) is 5.88 Å². The standard InChI is InChI=1S/C16H26N4O3/c1-16(2,20-6-8-23-9-7-20)12-19-15(21)18-11-13-4-5-14(22-3)17-10-13/h4-5,10H,6-9,11-12H2,1-3H3,(H2,18,19,21). The molecule has 1 aliphatic heterocycles. The van der Waals surface area contributed by atoms with Crippen LogP contribution in [-0.4, -0.2) is 61.4 Å². The predicted molar refractivity (Wildman–Crippen MR) is 87.5 cm³/mol. The van der Waals surface area contributed by atoms with Crippen molar-refractivity contribution in [3.63, 3.8) is 0 Å². The Kier molecular flexibility index (Phi) is 6.18. The zero-order valence-corrected chi connectivity index (χ0v) is 14.1. The first-order chi connectivity index (χ1) is 11.0. The molecule has 0 unspecified atom stereocenters. The highest BCUT2D eigenvalue weighted by Gasteiger charge is 2.28. The smallest absolute Gasteiger partial charge is 0.315 e.